The zero-order valence-electron chi connectivity index (χ0n) is 16.2. The van der Waals surface area contributed by atoms with Gasteiger partial charge in [-0.1, -0.05) is 43.3 Å². The van der Waals surface area contributed by atoms with Crippen molar-refractivity contribution in [1.82, 2.24) is 10.6 Å². The summed E-state index contributed by atoms with van der Waals surface area (Å²) in [6.45, 7) is 6.70. The fourth-order valence-electron chi connectivity index (χ4n) is 2.61. The smallest absolute Gasteiger partial charge is 0.161 e. The molecule has 0 aromatic heterocycles. The molecular weight excluding hydrogens is 383 g/mol. The topological polar surface area (TPSA) is 42.5 Å². The Labute approximate surface area is 175 Å². The van der Waals surface area contributed by atoms with E-state index in [2.05, 4.69) is 54.0 Å². The van der Waals surface area contributed by atoms with E-state index in [1.807, 2.05) is 12.1 Å². The first-order valence-electron chi connectivity index (χ1n) is 9.08. The molecular formula is C21H32Cl2N2O2. The number of benzene rings is 2. The number of methoxy groups -OCH3 is 1. The van der Waals surface area contributed by atoms with Gasteiger partial charge >= 0.3 is 0 Å². The molecule has 4 nitrogen and oxygen atoms in total. The van der Waals surface area contributed by atoms with Crippen LogP contribution in [0.4, 0.5) is 0 Å². The molecule has 27 heavy (non-hydrogen) atoms. The van der Waals surface area contributed by atoms with Gasteiger partial charge in [0.25, 0.3) is 0 Å². The molecule has 2 N–H and O–H groups in total. The SMILES string of the molecule is CCNCCCNCc1ccc(OCCc2ccccc2)c(OC)c1.Cl.Cl. The predicted molar refractivity (Wildman–Crippen MR) is 118 cm³/mol. The predicted octanol–water partition coefficient (Wildman–Crippen LogP) is 4.25. The minimum absolute atomic E-state index is 0. The van der Waals surface area contributed by atoms with Crippen molar-refractivity contribution in [3.05, 3.63) is 59.7 Å². The van der Waals surface area contributed by atoms with Gasteiger partial charge in [-0.2, -0.15) is 0 Å². The maximum absolute atomic E-state index is 5.90. The molecule has 0 atom stereocenters. The highest BCUT2D eigenvalue weighted by Gasteiger charge is 2.06. The molecule has 6 heteroatoms. The third kappa shape index (κ3) is 9.87. The normalized spacial score (nSPS) is 9.85. The van der Waals surface area contributed by atoms with Crippen molar-refractivity contribution in [2.75, 3.05) is 33.4 Å². The van der Waals surface area contributed by atoms with Crippen LogP contribution in [0.3, 0.4) is 0 Å². The van der Waals surface area contributed by atoms with E-state index in [-0.39, 0.29) is 24.8 Å². The van der Waals surface area contributed by atoms with E-state index in [9.17, 15) is 0 Å². The Bertz CT molecular complexity index is 612. The molecule has 2 aromatic rings. The fraction of sp³-hybridized carbons (Fsp3) is 0.429. The minimum atomic E-state index is 0. The molecule has 2 rings (SSSR count). The van der Waals surface area contributed by atoms with Gasteiger partial charge in [-0.3, -0.25) is 0 Å². The summed E-state index contributed by atoms with van der Waals surface area (Å²) < 4.78 is 11.4. The molecule has 0 saturated carbocycles. The van der Waals surface area contributed by atoms with Crippen LogP contribution in [-0.4, -0.2) is 33.4 Å². The lowest BCUT2D eigenvalue weighted by Gasteiger charge is -2.13. The molecule has 0 aliphatic rings. The van der Waals surface area contributed by atoms with Crippen molar-refractivity contribution in [3.8, 4) is 11.5 Å². The van der Waals surface area contributed by atoms with Crippen molar-refractivity contribution < 1.29 is 9.47 Å². The monoisotopic (exact) mass is 414 g/mol. The number of hydrogen-bond donors (Lipinski definition) is 2. The molecule has 0 unspecified atom stereocenters. The second kappa shape index (κ2) is 15.6. The Morgan fingerprint density at radius 1 is 0.852 bits per heavy atom. The molecule has 0 spiro atoms. The summed E-state index contributed by atoms with van der Waals surface area (Å²) in [5.74, 6) is 1.59. The highest BCUT2D eigenvalue weighted by atomic mass is 35.5. The second-order valence-electron chi connectivity index (χ2n) is 5.95. The van der Waals surface area contributed by atoms with Crippen molar-refractivity contribution in [1.29, 1.82) is 0 Å². The van der Waals surface area contributed by atoms with Crippen LogP contribution in [0.1, 0.15) is 24.5 Å². The van der Waals surface area contributed by atoms with E-state index in [4.69, 9.17) is 9.47 Å². The first kappa shape index (κ1) is 25.5. The van der Waals surface area contributed by atoms with E-state index in [0.29, 0.717) is 6.61 Å². The second-order valence-corrected chi connectivity index (χ2v) is 5.95. The standard InChI is InChI=1S/C21H30N2O2.2ClH/c1-3-22-13-7-14-23-17-19-10-11-20(21(16-19)24-2)25-15-12-18-8-5-4-6-9-18;;/h4-6,8-11,16,22-23H,3,7,12-15,17H2,1-2H3;2*1H. The maximum atomic E-state index is 5.90. The lowest BCUT2D eigenvalue weighted by atomic mass is 10.1. The quantitative estimate of drug-likeness (QED) is 0.509. The summed E-state index contributed by atoms with van der Waals surface area (Å²) in [5, 5.41) is 6.79. The first-order valence-corrected chi connectivity index (χ1v) is 9.08. The molecule has 0 saturated heterocycles. The van der Waals surface area contributed by atoms with Crippen LogP contribution in [0.25, 0.3) is 0 Å². The van der Waals surface area contributed by atoms with Crippen LogP contribution in [0, 0.1) is 0 Å². The Morgan fingerprint density at radius 2 is 1.59 bits per heavy atom. The molecule has 2 aromatic carbocycles. The zero-order valence-corrected chi connectivity index (χ0v) is 17.8. The van der Waals surface area contributed by atoms with Crippen LogP contribution in [0.2, 0.25) is 0 Å². The Hall–Kier alpha value is -1.46. The molecule has 0 fully saturated rings. The maximum Gasteiger partial charge on any atom is 0.161 e. The number of rotatable bonds is 12. The molecule has 0 aliphatic heterocycles. The van der Waals surface area contributed by atoms with E-state index >= 15 is 0 Å². The first-order chi connectivity index (χ1) is 12.3. The van der Waals surface area contributed by atoms with Crippen LogP contribution >= 0.6 is 24.8 Å². The van der Waals surface area contributed by atoms with Crippen LogP contribution < -0.4 is 20.1 Å². The van der Waals surface area contributed by atoms with Crippen LogP contribution in [0.5, 0.6) is 11.5 Å². The molecule has 0 aliphatic carbocycles. The molecule has 0 bridgehead atoms. The summed E-state index contributed by atoms with van der Waals surface area (Å²) in [5.41, 5.74) is 2.48. The summed E-state index contributed by atoms with van der Waals surface area (Å²) >= 11 is 0. The van der Waals surface area contributed by atoms with E-state index < -0.39 is 0 Å². The van der Waals surface area contributed by atoms with Crippen molar-refractivity contribution in [2.45, 2.75) is 26.3 Å². The van der Waals surface area contributed by atoms with Gasteiger partial charge < -0.3 is 20.1 Å². The highest BCUT2D eigenvalue weighted by molar-refractivity contribution is 5.85. The zero-order chi connectivity index (χ0) is 17.7. The summed E-state index contributed by atoms with van der Waals surface area (Å²) in [6.07, 6.45) is 2.02. The van der Waals surface area contributed by atoms with Gasteiger partial charge in [0, 0.05) is 13.0 Å². The van der Waals surface area contributed by atoms with Crippen LogP contribution in [-0.2, 0) is 13.0 Å². The summed E-state index contributed by atoms with van der Waals surface area (Å²) in [4.78, 5) is 0. The van der Waals surface area contributed by atoms with Crippen molar-refractivity contribution >= 4 is 24.8 Å². The van der Waals surface area contributed by atoms with Crippen molar-refractivity contribution in [2.24, 2.45) is 0 Å². The summed E-state index contributed by atoms with van der Waals surface area (Å²) in [6, 6.07) is 16.5. The van der Waals surface area contributed by atoms with Gasteiger partial charge in [-0.25, -0.2) is 0 Å². The lowest BCUT2D eigenvalue weighted by Crippen LogP contribution is -2.21. The van der Waals surface area contributed by atoms with E-state index in [1.54, 1.807) is 7.11 Å². The van der Waals surface area contributed by atoms with Gasteiger partial charge in [0.05, 0.1) is 13.7 Å². The number of halogens is 2. The minimum Gasteiger partial charge on any atom is -0.493 e. The molecule has 152 valence electrons. The number of nitrogens with one attached hydrogen (secondary N) is 2. The van der Waals surface area contributed by atoms with E-state index in [0.717, 1.165) is 50.5 Å². The third-order valence-corrected chi connectivity index (χ3v) is 4.01. The van der Waals surface area contributed by atoms with Gasteiger partial charge in [-0.05, 0) is 49.3 Å². The van der Waals surface area contributed by atoms with E-state index in [1.165, 1.54) is 11.1 Å². The van der Waals surface area contributed by atoms with Crippen LogP contribution in [0.15, 0.2) is 48.5 Å². The molecule has 0 heterocycles. The highest BCUT2D eigenvalue weighted by Crippen LogP contribution is 2.28. The van der Waals surface area contributed by atoms with Gasteiger partial charge in [0.1, 0.15) is 0 Å². The molecule has 0 amide bonds. The fourth-order valence-corrected chi connectivity index (χ4v) is 2.61. The van der Waals surface area contributed by atoms with Crippen molar-refractivity contribution in [3.63, 3.8) is 0 Å². The Morgan fingerprint density at radius 3 is 2.30 bits per heavy atom. The summed E-state index contributed by atoms with van der Waals surface area (Å²) in [7, 11) is 1.69. The van der Waals surface area contributed by atoms with Gasteiger partial charge in [0.2, 0.25) is 0 Å². The largest absolute Gasteiger partial charge is 0.493 e. The van der Waals surface area contributed by atoms with Gasteiger partial charge in [0.15, 0.2) is 11.5 Å². The molecule has 0 radical (unpaired) electrons. The lowest BCUT2D eigenvalue weighted by molar-refractivity contribution is 0.297. The number of hydrogen-bond acceptors (Lipinski definition) is 4. The average molecular weight is 415 g/mol. The average Bonchev–Trinajstić information content (AvgIpc) is 2.66. The Kier molecular flexibility index (Phi) is 14.7. The third-order valence-electron chi connectivity index (χ3n) is 4.01. The Balaban J connectivity index is 0.00000338. The van der Waals surface area contributed by atoms with Gasteiger partial charge in [-0.15, -0.1) is 24.8 Å². The number of ether oxygens (including phenoxy) is 2.